The topological polar surface area (TPSA) is 58.6 Å². The van der Waals surface area contributed by atoms with E-state index < -0.39 is 5.97 Å². The van der Waals surface area contributed by atoms with Crippen LogP contribution in [0.5, 0.6) is 0 Å². The van der Waals surface area contributed by atoms with E-state index in [1.165, 1.54) is 7.11 Å². The van der Waals surface area contributed by atoms with E-state index in [1.54, 1.807) is 36.4 Å². The normalized spacial score (nSPS) is 9.95. The van der Waals surface area contributed by atoms with Crippen LogP contribution >= 0.6 is 0 Å². The minimum Gasteiger partial charge on any atom is -0.465 e. The number of ether oxygens (including phenoxy) is 1. The maximum atomic E-state index is 12.3. The highest BCUT2D eigenvalue weighted by Crippen LogP contribution is 2.18. The van der Waals surface area contributed by atoms with Gasteiger partial charge in [-0.2, -0.15) is 0 Å². The molecule has 1 N–H and O–H groups in total. The van der Waals surface area contributed by atoms with Gasteiger partial charge in [0.1, 0.15) is 0 Å². The number of carbonyl (C=O) groups is 2. The van der Waals surface area contributed by atoms with Crippen LogP contribution in [0.1, 0.15) is 20.7 Å². The van der Waals surface area contributed by atoms with E-state index in [0.717, 1.165) is 5.69 Å². The smallest absolute Gasteiger partial charge is 0.339 e. The summed E-state index contributed by atoms with van der Waals surface area (Å²) in [7, 11) is 5.17. The Labute approximate surface area is 129 Å². The first-order valence-electron chi connectivity index (χ1n) is 6.79. The zero-order chi connectivity index (χ0) is 16.1. The molecule has 2 rings (SSSR count). The summed E-state index contributed by atoms with van der Waals surface area (Å²) in [6.07, 6.45) is 0. The third kappa shape index (κ3) is 3.44. The summed E-state index contributed by atoms with van der Waals surface area (Å²) in [5.74, 6) is -0.763. The predicted octanol–water partition coefficient (Wildman–Crippen LogP) is 2.79. The van der Waals surface area contributed by atoms with Crippen molar-refractivity contribution in [1.29, 1.82) is 0 Å². The van der Waals surface area contributed by atoms with Crippen LogP contribution in [0.25, 0.3) is 0 Å². The molecule has 5 nitrogen and oxygen atoms in total. The molecule has 0 bridgehead atoms. The summed E-state index contributed by atoms with van der Waals surface area (Å²) in [6, 6.07) is 13.9. The van der Waals surface area contributed by atoms with Gasteiger partial charge in [-0.25, -0.2) is 4.79 Å². The van der Waals surface area contributed by atoms with Gasteiger partial charge in [0.25, 0.3) is 5.91 Å². The van der Waals surface area contributed by atoms with Gasteiger partial charge in [0, 0.05) is 25.3 Å². The summed E-state index contributed by atoms with van der Waals surface area (Å²) in [6.45, 7) is 0. The maximum Gasteiger partial charge on any atom is 0.339 e. The van der Waals surface area contributed by atoms with E-state index in [9.17, 15) is 9.59 Å². The zero-order valence-electron chi connectivity index (χ0n) is 12.8. The van der Waals surface area contributed by atoms with E-state index in [2.05, 4.69) is 5.32 Å². The molecule has 0 unspecified atom stereocenters. The number of amides is 1. The lowest BCUT2D eigenvalue weighted by molar-refractivity contribution is 0.0602. The van der Waals surface area contributed by atoms with Crippen molar-refractivity contribution in [1.82, 2.24) is 0 Å². The molecule has 0 aliphatic carbocycles. The fourth-order valence-electron chi connectivity index (χ4n) is 1.99. The molecule has 0 spiro atoms. The summed E-state index contributed by atoms with van der Waals surface area (Å²) in [5, 5.41) is 2.74. The number of methoxy groups -OCH3 is 1. The summed E-state index contributed by atoms with van der Waals surface area (Å²) in [5.41, 5.74) is 2.27. The van der Waals surface area contributed by atoms with Crippen molar-refractivity contribution in [3.8, 4) is 0 Å². The van der Waals surface area contributed by atoms with Crippen LogP contribution in [0.4, 0.5) is 11.4 Å². The first-order chi connectivity index (χ1) is 10.5. The molecule has 0 aliphatic heterocycles. The number of esters is 1. The van der Waals surface area contributed by atoms with E-state index in [0.29, 0.717) is 16.8 Å². The van der Waals surface area contributed by atoms with Gasteiger partial charge in [0.2, 0.25) is 0 Å². The third-order valence-corrected chi connectivity index (χ3v) is 3.23. The van der Waals surface area contributed by atoms with Gasteiger partial charge in [-0.1, -0.05) is 12.1 Å². The van der Waals surface area contributed by atoms with Gasteiger partial charge in [-0.15, -0.1) is 0 Å². The Morgan fingerprint density at radius 3 is 2.23 bits per heavy atom. The molecule has 0 heterocycles. The van der Waals surface area contributed by atoms with Gasteiger partial charge < -0.3 is 15.0 Å². The number of hydrogen-bond donors (Lipinski definition) is 1. The second-order valence-corrected chi connectivity index (χ2v) is 4.93. The molecular weight excluding hydrogens is 280 g/mol. The monoisotopic (exact) mass is 298 g/mol. The van der Waals surface area contributed by atoms with Crippen molar-refractivity contribution in [2.24, 2.45) is 0 Å². The highest BCUT2D eigenvalue weighted by molar-refractivity contribution is 6.08. The number of nitrogens with zero attached hydrogens (tertiary/aromatic N) is 1. The van der Waals surface area contributed by atoms with Gasteiger partial charge in [-0.05, 0) is 36.4 Å². The SMILES string of the molecule is COC(=O)c1ccccc1NC(=O)c1ccc(N(C)C)cc1. The second-order valence-electron chi connectivity index (χ2n) is 4.93. The van der Waals surface area contributed by atoms with Gasteiger partial charge in [0.15, 0.2) is 0 Å². The number of nitrogens with one attached hydrogen (secondary N) is 1. The molecule has 2 aromatic rings. The standard InChI is InChI=1S/C17H18N2O3/c1-19(2)13-10-8-12(9-11-13)16(20)18-15-7-5-4-6-14(15)17(21)22-3/h4-11H,1-3H3,(H,18,20). The van der Waals surface area contributed by atoms with Gasteiger partial charge in [-0.3, -0.25) is 4.79 Å². The van der Waals surface area contributed by atoms with Crippen LogP contribution < -0.4 is 10.2 Å². The Kier molecular flexibility index (Phi) is 4.78. The fraction of sp³-hybridized carbons (Fsp3) is 0.176. The molecule has 0 saturated heterocycles. The Morgan fingerprint density at radius 2 is 1.64 bits per heavy atom. The van der Waals surface area contributed by atoms with Crippen LogP contribution in [-0.2, 0) is 4.74 Å². The molecule has 1 amide bonds. The van der Waals surface area contributed by atoms with Crippen molar-refractivity contribution in [2.75, 3.05) is 31.4 Å². The Bertz CT molecular complexity index is 679. The highest BCUT2D eigenvalue weighted by Gasteiger charge is 2.14. The molecule has 0 saturated carbocycles. The number of rotatable bonds is 4. The van der Waals surface area contributed by atoms with E-state index >= 15 is 0 Å². The van der Waals surface area contributed by atoms with E-state index in [4.69, 9.17) is 4.74 Å². The highest BCUT2D eigenvalue weighted by atomic mass is 16.5. The number of anilines is 2. The molecule has 2 aromatic carbocycles. The number of carbonyl (C=O) groups excluding carboxylic acids is 2. The average Bonchev–Trinajstić information content (AvgIpc) is 2.54. The van der Waals surface area contributed by atoms with Gasteiger partial charge in [0.05, 0.1) is 18.4 Å². The molecule has 0 atom stereocenters. The molecule has 0 aliphatic rings. The van der Waals surface area contributed by atoms with Crippen molar-refractivity contribution < 1.29 is 14.3 Å². The number of para-hydroxylation sites is 1. The number of hydrogen-bond acceptors (Lipinski definition) is 4. The molecule has 0 radical (unpaired) electrons. The largest absolute Gasteiger partial charge is 0.465 e. The van der Waals surface area contributed by atoms with Crippen molar-refractivity contribution in [2.45, 2.75) is 0 Å². The van der Waals surface area contributed by atoms with Crippen LogP contribution in [0.2, 0.25) is 0 Å². The van der Waals surface area contributed by atoms with Gasteiger partial charge >= 0.3 is 5.97 Å². The van der Waals surface area contributed by atoms with E-state index in [1.807, 2.05) is 31.1 Å². The molecule has 0 fully saturated rings. The summed E-state index contributed by atoms with van der Waals surface area (Å²) < 4.78 is 4.71. The second kappa shape index (κ2) is 6.76. The first kappa shape index (κ1) is 15.6. The van der Waals surface area contributed by atoms with Crippen LogP contribution in [-0.4, -0.2) is 33.1 Å². The third-order valence-electron chi connectivity index (χ3n) is 3.23. The quantitative estimate of drug-likeness (QED) is 0.882. The molecule has 5 heteroatoms. The van der Waals surface area contributed by atoms with Crippen molar-refractivity contribution in [3.05, 3.63) is 59.7 Å². The minimum atomic E-state index is -0.487. The lowest BCUT2D eigenvalue weighted by atomic mass is 10.1. The molecule has 0 aromatic heterocycles. The lowest BCUT2D eigenvalue weighted by Gasteiger charge is -2.13. The summed E-state index contributed by atoms with van der Waals surface area (Å²) in [4.78, 5) is 25.9. The lowest BCUT2D eigenvalue weighted by Crippen LogP contribution is -2.15. The van der Waals surface area contributed by atoms with Crippen molar-refractivity contribution >= 4 is 23.3 Å². The van der Waals surface area contributed by atoms with Crippen molar-refractivity contribution in [3.63, 3.8) is 0 Å². The Morgan fingerprint density at radius 1 is 1.00 bits per heavy atom. The first-order valence-corrected chi connectivity index (χ1v) is 6.79. The predicted molar refractivity (Wildman–Crippen MR) is 86.5 cm³/mol. The Hall–Kier alpha value is -2.82. The minimum absolute atomic E-state index is 0.276. The maximum absolute atomic E-state index is 12.3. The van der Waals surface area contributed by atoms with Crippen LogP contribution in [0, 0.1) is 0 Å². The van der Waals surface area contributed by atoms with E-state index in [-0.39, 0.29) is 5.91 Å². The molecule has 114 valence electrons. The molecular formula is C17H18N2O3. The van der Waals surface area contributed by atoms with Crippen LogP contribution in [0.15, 0.2) is 48.5 Å². The summed E-state index contributed by atoms with van der Waals surface area (Å²) >= 11 is 0. The zero-order valence-corrected chi connectivity index (χ0v) is 12.8. The van der Waals surface area contributed by atoms with Crippen LogP contribution in [0.3, 0.4) is 0 Å². The fourth-order valence-corrected chi connectivity index (χ4v) is 1.99. The average molecular weight is 298 g/mol. The Balaban J connectivity index is 2.20. The number of benzene rings is 2. The molecule has 22 heavy (non-hydrogen) atoms.